The van der Waals surface area contributed by atoms with Gasteiger partial charge in [0.25, 0.3) is 5.91 Å². The van der Waals surface area contributed by atoms with Crippen molar-refractivity contribution in [2.24, 2.45) is 0 Å². The van der Waals surface area contributed by atoms with Crippen molar-refractivity contribution in [1.82, 2.24) is 0 Å². The molecule has 0 saturated heterocycles. The number of aryl methyl sites for hydroxylation is 1. The third-order valence-corrected chi connectivity index (χ3v) is 7.89. The summed E-state index contributed by atoms with van der Waals surface area (Å²) in [7, 11) is 0. The summed E-state index contributed by atoms with van der Waals surface area (Å²) in [6.07, 6.45) is 3.43. The van der Waals surface area contributed by atoms with E-state index < -0.39 is 24.5 Å². The molecule has 1 aromatic carbocycles. The zero-order valence-corrected chi connectivity index (χ0v) is 20.0. The van der Waals surface area contributed by atoms with Gasteiger partial charge in [-0.2, -0.15) is 0 Å². The molecule has 0 saturated carbocycles. The lowest BCUT2D eigenvalue weighted by Gasteiger charge is -2.14. The van der Waals surface area contributed by atoms with Crippen LogP contribution in [0.5, 0.6) is 0 Å². The number of thiophene rings is 2. The number of carbonyl (C=O) groups is 3. The smallest absolute Gasteiger partial charge is 0.350 e. The van der Waals surface area contributed by atoms with Crippen molar-refractivity contribution in [1.29, 1.82) is 0 Å². The summed E-state index contributed by atoms with van der Waals surface area (Å²) in [5.74, 6) is -1.62. The third kappa shape index (κ3) is 4.67. The number of hydrogen-bond donors (Lipinski definition) is 1. The number of halogens is 1. The van der Waals surface area contributed by atoms with Crippen LogP contribution >= 0.6 is 34.3 Å². The van der Waals surface area contributed by atoms with Crippen molar-refractivity contribution < 1.29 is 23.9 Å². The van der Waals surface area contributed by atoms with E-state index in [1.165, 1.54) is 22.7 Å². The molecule has 4 rings (SSSR count). The molecule has 0 bridgehead atoms. The molecule has 1 aliphatic carbocycles. The molecule has 0 unspecified atom stereocenters. The minimum Gasteiger partial charge on any atom is -0.459 e. The lowest BCUT2D eigenvalue weighted by Crippen LogP contribution is -2.22. The van der Waals surface area contributed by atoms with Crippen LogP contribution in [0, 0.1) is 0 Å². The van der Waals surface area contributed by atoms with E-state index in [-0.39, 0.29) is 11.0 Å². The maximum Gasteiger partial charge on any atom is 0.350 e. The predicted molar refractivity (Wildman–Crippen MR) is 127 cm³/mol. The van der Waals surface area contributed by atoms with Crippen molar-refractivity contribution >= 4 is 67.2 Å². The first-order chi connectivity index (χ1) is 15.3. The zero-order chi connectivity index (χ0) is 22.8. The number of benzene rings is 1. The lowest BCUT2D eigenvalue weighted by atomic mass is 9.95. The average Bonchev–Trinajstić information content (AvgIpc) is 3.29. The normalized spacial score (nSPS) is 13.1. The number of ether oxygens (including phenoxy) is 2. The molecule has 2 aromatic heterocycles. The molecular weight excluding hydrogens is 470 g/mol. The fourth-order valence-corrected chi connectivity index (χ4v) is 6.34. The number of fused-ring (bicyclic) bond motifs is 2. The van der Waals surface area contributed by atoms with Gasteiger partial charge in [0.2, 0.25) is 0 Å². The molecule has 6 nitrogen and oxygen atoms in total. The molecule has 168 valence electrons. The Hall–Kier alpha value is -2.42. The first-order valence-electron chi connectivity index (χ1n) is 10.3. The first-order valence-corrected chi connectivity index (χ1v) is 12.4. The van der Waals surface area contributed by atoms with Gasteiger partial charge in [0, 0.05) is 15.0 Å². The van der Waals surface area contributed by atoms with Gasteiger partial charge in [-0.3, -0.25) is 4.79 Å². The Labute approximate surface area is 198 Å². The van der Waals surface area contributed by atoms with Gasteiger partial charge in [0.1, 0.15) is 9.88 Å². The predicted octanol–water partition coefficient (Wildman–Crippen LogP) is 5.86. The van der Waals surface area contributed by atoms with Crippen LogP contribution in [0.3, 0.4) is 0 Å². The molecule has 1 amide bonds. The molecular formula is C23H22ClNO5S2. The number of esters is 2. The summed E-state index contributed by atoms with van der Waals surface area (Å²) in [5, 5.41) is 4.28. The largest absolute Gasteiger partial charge is 0.459 e. The summed E-state index contributed by atoms with van der Waals surface area (Å²) < 4.78 is 11.5. The maximum absolute atomic E-state index is 12.7. The highest BCUT2D eigenvalue weighted by Crippen LogP contribution is 2.39. The standard InChI is InChI=1S/C23H22ClNO5S2/c1-12(2)30-22(27)18-13-7-3-5-9-15(13)32-21(18)25-17(26)11-29-23(28)20-19(24)14-8-4-6-10-16(14)31-20/h4,6,8,10,12H,3,5,7,9,11H2,1-2H3,(H,25,26). The molecule has 0 aliphatic heterocycles. The summed E-state index contributed by atoms with van der Waals surface area (Å²) in [4.78, 5) is 39.1. The Bertz CT molecular complexity index is 1200. The number of rotatable bonds is 6. The van der Waals surface area contributed by atoms with Gasteiger partial charge in [-0.15, -0.1) is 22.7 Å². The van der Waals surface area contributed by atoms with Crippen molar-refractivity contribution in [3.05, 3.63) is 50.2 Å². The molecule has 32 heavy (non-hydrogen) atoms. The van der Waals surface area contributed by atoms with E-state index in [9.17, 15) is 14.4 Å². The monoisotopic (exact) mass is 491 g/mol. The molecule has 0 radical (unpaired) electrons. The van der Waals surface area contributed by atoms with Gasteiger partial charge in [-0.1, -0.05) is 29.8 Å². The van der Waals surface area contributed by atoms with Crippen LogP contribution in [-0.4, -0.2) is 30.6 Å². The minimum atomic E-state index is -0.656. The summed E-state index contributed by atoms with van der Waals surface area (Å²) in [6.45, 7) is 3.09. The van der Waals surface area contributed by atoms with Crippen LogP contribution in [0.2, 0.25) is 5.02 Å². The molecule has 3 aromatic rings. The molecule has 2 heterocycles. The quantitative estimate of drug-likeness (QED) is 0.437. The van der Waals surface area contributed by atoms with E-state index in [1.807, 2.05) is 24.3 Å². The van der Waals surface area contributed by atoms with Crippen molar-refractivity contribution in [3.8, 4) is 0 Å². The number of hydrogen-bond acceptors (Lipinski definition) is 7. The number of anilines is 1. The van der Waals surface area contributed by atoms with Crippen molar-refractivity contribution in [2.75, 3.05) is 11.9 Å². The Kier molecular flexibility index (Phi) is 6.83. The molecule has 0 fully saturated rings. The highest BCUT2D eigenvalue weighted by molar-refractivity contribution is 7.21. The van der Waals surface area contributed by atoms with Crippen LogP contribution in [-0.2, 0) is 27.1 Å². The van der Waals surface area contributed by atoms with Gasteiger partial charge >= 0.3 is 11.9 Å². The van der Waals surface area contributed by atoms with E-state index in [4.69, 9.17) is 21.1 Å². The second-order valence-corrected chi connectivity index (χ2v) is 10.3. The minimum absolute atomic E-state index is 0.258. The van der Waals surface area contributed by atoms with Gasteiger partial charge in [0.05, 0.1) is 16.7 Å². The second-order valence-electron chi connectivity index (χ2n) is 7.73. The van der Waals surface area contributed by atoms with Crippen LogP contribution in [0.15, 0.2) is 24.3 Å². The second kappa shape index (κ2) is 9.60. The Balaban J connectivity index is 1.47. The van der Waals surface area contributed by atoms with Gasteiger partial charge in [-0.05, 0) is 51.2 Å². The van der Waals surface area contributed by atoms with Crippen LogP contribution < -0.4 is 5.32 Å². The van der Waals surface area contributed by atoms with Crippen molar-refractivity contribution in [3.63, 3.8) is 0 Å². The van der Waals surface area contributed by atoms with E-state index in [0.717, 1.165) is 46.2 Å². The number of carbonyl (C=O) groups excluding carboxylic acids is 3. The van der Waals surface area contributed by atoms with Crippen molar-refractivity contribution in [2.45, 2.75) is 45.6 Å². The van der Waals surface area contributed by atoms with Gasteiger partial charge in [0.15, 0.2) is 6.61 Å². The zero-order valence-electron chi connectivity index (χ0n) is 17.7. The topological polar surface area (TPSA) is 81.7 Å². The Morgan fingerprint density at radius 2 is 1.84 bits per heavy atom. The summed E-state index contributed by atoms with van der Waals surface area (Å²) in [6, 6.07) is 7.39. The molecule has 1 aliphatic rings. The number of amides is 1. The van der Waals surface area contributed by atoms with E-state index in [0.29, 0.717) is 15.6 Å². The fourth-order valence-electron chi connectivity index (χ4n) is 3.65. The maximum atomic E-state index is 12.7. The Morgan fingerprint density at radius 1 is 1.09 bits per heavy atom. The fraction of sp³-hybridized carbons (Fsp3) is 0.348. The van der Waals surface area contributed by atoms with Gasteiger partial charge in [-0.25, -0.2) is 9.59 Å². The Morgan fingerprint density at radius 3 is 2.59 bits per heavy atom. The number of nitrogens with one attached hydrogen (secondary N) is 1. The summed E-state index contributed by atoms with van der Waals surface area (Å²) >= 11 is 8.92. The lowest BCUT2D eigenvalue weighted by molar-refractivity contribution is -0.119. The van der Waals surface area contributed by atoms with Crippen LogP contribution in [0.4, 0.5) is 5.00 Å². The van der Waals surface area contributed by atoms with E-state index >= 15 is 0 Å². The average molecular weight is 492 g/mol. The van der Waals surface area contributed by atoms with E-state index in [1.54, 1.807) is 13.8 Å². The third-order valence-electron chi connectivity index (χ3n) is 5.03. The van der Waals surface area contributed by atoms with Crippen LogP contribution in [0.1, 0.15) is 57.2 Å². The highest BCUT2D eigenvalue weighted by atomic mass is 35.5. The molecule has 0 spiro atoms. The summed E-state index contributed by atoms with van der Waals surface area (Å²) in [5.41, 5.74) is 1.38. The molecule has 9 heteroatoms. The van der Waals surface area contributed by atoms with E-state index in [2.05, 4.69) is 5.32 Å². The first kappa shape index (κ1) is 22.8. The van der Waals surface area contributed by atoms with Gasteiger partial charge < -0.3 is 14.8 Å². The van der Waals surface area contributed by atoms with Crippen LogP contribution in [0.25, 0.3) is 10.1 Å². The molecule has 0 atom stereocenters. The molecule has 1 N–H and O–H groups in total. The SMILES string of the molecule is CC(C)OC(=O)c1c(NC(=O)COC(=O)c2sc3ccccc3c2Cl)sc2c1CCCC2. The highest BCUT2D eigenvalue weighted by Gasteiger charge is 2.28.